The number of benzene rings is 2. The van der Waals surface area contributed by atoms with Crippen LogP contribution in [0, 0.1) is 0 Å². The van der Waals surface area contributed by atoms with Gasteiger partial charge in [0.2, 0.25) is 0 Å². The lowest BCUT2D eigenvalue weighted by Crippen LogP contribution is -2.26. The third-order valence-electron chi connectivity index (χ3n) is 5.26. The fourth-order valence-electron chi connectivity index (χ4n) is 3.48. The van der Waals surface area contributed by atoms with Crippen LogP contribution in [-0.2, 0) is 14.9 Å². The zero-order chi connectivity index (χ0) is 22.9. The van der Waals surface area contributed by atoms with Gasteiger partial charge in [-0.3, -0.25) is 9.63 Å². The maximum atomic E-state index is 13.1. The first kappa shape index (κ1) is 22.4. The molecule has 3 aromatic rings. The average Bonchev–Trinajstić information content (AvgIpc) is 3.32. The molecule has 1 saturated heterocycles. The highest BCUT2D eigenvalue weighted by atomic mass is 35.5. The fraction of sp³-hybridized carbons (Fsp3) is 0.286. The predicted molar refractivity (Wildman–Crippen MR) is 122 cm³/mol. The Balaban J connectivity index is 1.71. The van der Waals surface area contributed by atoms with Gasteiger partial charge in [0.25, 0.3) is 15.9 Å². The number of carbonyl (C=O) groups is 1. The van der Waals surface area contributed by atoms with Crippen LogP contribution in [0.15, 0.2) is 47.4 Å². The van der Waals surface area contributed by atoms with Crippen molar-refractivity contribution in [3.63, 3.8) is 0 Å². The smallest absolute Gasteiger partial charge is 0.266 e. The highest BCUT2D eigenvalue weighted by Gasteiger charge is 2.26. The first-order chi connectivity index (χ1) is 15.3. The molecule has 9 nitrogen and oxygen atoms in total. The van der Waals surface area contributed by atoms with Crippen molar-refractivity contribution >= 4 is 50.2 Å². The van der Waals surface area contributed by atoms with Gasteiger partial charge in [-0.1, -0.05) is 28.2 Å². The number of para-hydroxylation sites is 2. The second-order valence-electron chi connectivity index (χ2n) is 7.28. The lowest BCUT2D eigenvalue weighted by atomic mass is 10.2. The molecule has 0 radical (unpaired) electrons. The number of hydroxylamine groups is 1. The summed E-state index contributed by atoms with van der Waals surface area (Å²) in [5.41, 5.74) is 1.49. The molecule has 1 aromatic heterocycles. The second-order valence-corrected chi connectivity index (χ2v) is 9.59. The van der Waals surface area contributed by atoms with E-state index in [0.717, 1.165) is 31.4 Å². The Kier molecular flexibility index (Phi) is 6.29. The Labute approximate surface area is 191 Å². The van der Waals surface area contributed by atoms with Crippen LogP contribution in [0.1, 0.15) is 23.2 Å². The monoisotopic (exact) mass is 475 g/mol. The number of halogens is 1. The molecule has 2 aromatic carbocycles. The van der Waals surface area contributed by atoms with Crippen LogP contribution in [0.5, 0.6) is 0 Å². The first-order valence-electron chi connectivity index (χ1n) is 9.97. The summed E-state index contributed by atoms with van der Waals surface area (Å²) in [5.74, 6) is 0.391. The molecule has 11 heteroatoms. The lowest BCUT2D eigenvalue weighted by Gasteiger charge is -2.20. The van der Waals surface area contributed by atoms with E-state index in [4.69, 9.17) is 21.4 Å². The molecule has 1 aliphatic heterocycles. The van der Waals surface area contributed by atoms with Crippen LogP contribution in [0.25, 0.3) is 11.0 Å². The van der Waals surface area contributed by atoms with Crippen molar-refractivity contribution < 1.29 is 18.0 Å². The highest BCUT2D eigenvalue weighted by Crippen LogP contribution is 2.29. The number of amides is 1. The van der Waals surface area contributed by atoms with Gasteiger partial charge in [0.15, 0.2) is 11.6 Å². The van der Waals surface area contributed by atoms with E-state index in [9.17, 15) is 13.2 Å². The van der Waals surface area contributed by atoms with Gasteiger partial charge in [-0.05, 0) is 43.2 Å². The Morgan fingerprint density at radius 2 is 1.78 bits per heavy atom. The molecule has 1 aliphatic rings. The summed E-state index contributed by atoms with van der Waals surface area (Å²) >= 11 is 6.10. The van der Waals surface area contributed by atoms with E-state index < -0.39 is 15.9 Å². The molecular formula is C21H22ClN5O4S. The summed E-state index contributed by atoms with van der Waals surface area (Å²) in [6.07, 6.45) is 2.07. The minimum atomic E-state index is -4.04. The minimum absolute atomic E-state index is 0.0197. The third-order valence-corrected chi connectivity index (χ3v) is 7.42. The number of sulfonamides is 1. The van der Waals surface area contributed by atoms with Crippen LogP contribution in [0.4, 0.5) is 11.6 Å². The molecular weight excluding hydrogens is 454 g/mol. The van der Waals surface area contributed by atoms with Crippen molar-refractivity contribution in [1.29, 1.82) is 0 Å². The molecule has 0 bridgehead atoms. The molecule has 0 atom stereocenters. The van der Waals surface area contributed by atoms with Crippen molar-refractivity contribution in [2.75, 3.05) is 37.5 Å². The van der Waals surface area contributed by atoms with Gasteiger partial charge in [0, 0.05) is 25.7 Å². The number of hydrogen-bond donors (Lipinski definition) is 1. The zero-order valence-corrected chi connectivity index (χ0v) is 19.2. The standard InChI is InChI=1S/C21H22ClN5O4S/c1-26(31-2)32(29,30)18-13-14(9-10-15(18)22)21(28)25-19-20(27-11-5-6-12-27)24-17-8-4-3-7-16(17)23-19/h3-4,7-10,13H,5-6,11-12H2,1-2H3,(H,23,25,28). The largest absolute Gasteiger partial charge is 0.354 e. The molecule has 0 unspecified atom stereocenters. The normalized spacial score (nSPS) is 14.3. The van der Waals surface area contributed by atoms with Crippen molar-refractivity contribution in [3.05, 3.63) is 53.1 Å². The van der Waals surface area contributed by atoms with E-state index in [0.29, 0.717) is 21.6 Å². The predicted octanol–water partition coefficient (Wildman–Crippen LogP) is 3.32. The van der Waals surface area contributed by atoms with Gasteiger partial charge in [-0.15, -0.1) is 0 Å². The average molecular weight is 476 g/mol. The summed E-state index contributed by atoms with van der Waals surface area (Å²) < 4.78 is 26.0. The molecule has 0 aliphatic carbocycles. The van der Waals surface area contributed by atoms with Gasteiger partial charge in [0.05, 0.1) is 23.2 Å². The number of fused-ring (bicyclic) bond motifs is 1. The van der Waals surface area contributed by atoms with Gasteiger partial charge in [0.1, 0.15) is 4.90 Å². The van der Waals surface area contributed by atoms with E-state index in [1.807, 2.05) is 24.3 Å². The van der Waals surface area contributed by atoms with E-state index in [1.165, 1.54) is 32.4 Å². The highest BCUT2D eigenvalue weighted by molar-refractivity contribution is 7.89. The number of rotatable bonds is 6. The Morgan fingerprint density at radius 3 is 2.44 bits per heavy atom. The summed E-state index contributed by atoms with van der Waals surface area (Å²) in [4.78, 5) is 29.0. The third kappa shape index (κ3) is 4.26. The molecule has 1 N–H and O–H groups in total. The SMILES string of the molecule is CON(C)S(=O)(=O)c1cc(C(=O)Nc2nc3ccccc3nc2N2CCCC2)ccc1Cl. The van der Waals surface area contributed by atoms with E-state index in [1.54, 1.807) is 0 Å². The van der Waals surface area contributed by atoms with E-state index in [2.05, 4.69) is 15.2 Å². The Bertz CT molecular complexity index is 1280. The molecule has 0 saturated carbocycles. The van der Waals surface area contributed by atoms with Crippen LogP contribution in [0.2, 0.25) is 5.02 Å². The number of hydrogen-bond acceptors (Lipinski definition) is 7. The number of carbonyl (C=O) groups excluding carboxylic acids is 1. The van der Waals surface area contributed by atoms with Gasteiger partial charge in [-0.25, -0.2) is 18.4 Å². The summed E-state index contributed by atoms with van der Waals surface area (Å²) in [5, 5.41) is 2.78. The van der Waals surface area contributed by atoms with Crippen molar-refractivity contribution in [2.24, 2.45) is 0 Å². The molecule has 1 fully saturated rings. The van der Waals surface area contributed by atoms with Crippen molar-refractivity contribution in [3.8, 4) is 0 Å². The molecule has 0 spiro atoms. The Hall–Kier alpha value is -2.79. The minimum Gasteiger partial charge on any atom is -0.354 e. The molecule has 4 rings (SSSR count). The van der Waals surface area contributed by atoms with E-state index in [-0.39, 0.29) is 15.5 Å². The molecule has 1 amide bonds. The molecule has 2 heterocycles. The summed E-state index contributed by atoms with van der Waals surface area (Å²) in [7, 11) is -1.57. The topological polar surface area (TPSA) is 105 Å². The number of anilines is 2. The number of nitrogens with one attached hydrogen (secondary N) is 1. The second kappa shape index (κ2) is 8.99. The Morgan fingerprint density at radius 1 is 1.12 bits per heavy atom. The molecule has 168 valence electrons. The lowest BCUT2D eigenvalue weighted by molar-refractivity contribution is -0.0258. The first-order valence-corrected chi connectivity index (χ1v) is 11.8. The van der Waals surface area contributed by atoms with Crippen LogP contribution >= 0.6 is 11.6 Å². The van der Waals surface area contributed by atoms with Crippen LogP contribution < -0.4 is 10.2 Å². The molecule has 32 heavy (non-hydrogen) atoms. The van der Waals surface area contributed by atoms with E-state index >= 15 is 0 Å². The van der Waals surface area contributed by atoms with Gasteiger partial charge in [-0.2, -0.15) is 0 Å². The van der Waals surface area contributed by atoms with Crippen LogP contribution in [0.3, 0.4) is 0 Å². The van der Waals surface area contributed by atoms with Gasteiger partial charge >= 0.3 is 0 Å². The van der Waals surface area contributed by atoms with Crippen LogP contribution in [-0.4, -0.2) is 56.0 Å². The summed E-state index contributed by atoms with van der Waals surface area (Å²) in [6, 6.07) is 11.5. The fourth-order valence-corrected chi connectivity index (χ4v) is 4.96. The maximum Gasteiger partial charge on any atom is 0.266 e. The maximum absolute atomic E-state index is 13.1. The number of nitrogens with zero attached hydrogens (tertiary/aromatic N) is 4. The van der Waals surface area contributed by atoms with Crippen molar-refractivity contribution in [2.45, 2.75) is 17.7 Å². The number of aromatic nitrogens is 2. The summed E-state index contributed by atoms with van der Waals surface area (Å²) in [6.45, 7) is 1.64. The van der Waals surface area contributed by atoms with Gasteiger partial charge < -0.3 is 10.2 Å². The zero-order valence-electron chi connectivity index (χ0n) is 17.6. The quantitative estimate of drug-likeness (QED) is 0.545. The van der Waals surface area contributed by atoms with Crippen molar-refractivity contribution in [1.82, 2.24) is 14.4 Å².